The van der Waals surface area contributed by atoms with Gasteiger partial charge >= 0.3 is 6.61 Å². The van der Waals surface area contributed by atoms with Gasteiger partial charge in [0.2, 0.25) is 5.91 Å². The number of halogens is 3. The third kappa shape index (κ3) is 5.94. The molecule has 10 heteroatoms. The average Bonchev–Trinajstić information content (AvgIpc) is 3.03. The lowest BCUT2D eigenvalue weighted by Crippen LogP contribution is -2.30. The predicted octanol–water partition coefficient (Wildman–Crippen LogP) is 4.79. The molecule has 1 amide bonds. The lowest BCUT2D eigenvalue weighted by atomic mass is 10.2. The van der Waals surface area contributed by atoms with Crippen molar-refractivity contribution in [3.63, 3.8) is 0 Å². The van der Waals surface area contributed by atoms with Crippen molar-refractivity contribution in [2.24, 2.45) is 0 Å². The Hall–Kier alpha value is -3.97. The lowest BCUT2D eigenvalue weighted by Gasteiger charge is -2.19. The fraction of sp³-hybridized carbons (Fsp3) is 0.280. The van der Waals surface area contributed by atoms with Gasteiger partial charge in [-0.2, -0.15) is 14.0 Å². The van der Waals surface area contributed by atoms with Crippen LogP contribution in [0.1, 0.15) is 22.4 Å². The van der Waals surface area contributed by atoms with Crippen LogP contribution in [0.4, 0.5) is 19.0 Å². The number of benzene rings is 2. The van der Waals surface area contributed by atoms with E-state index < -0.39 is 12.4 Å². The van der Waals surface area contributed by atoms with Crippen LogP contribution >= 0.6 is 0 Å². The molecule has 35 heavy (non-hydrogen) atoms. The van der Waals surface area contributed by atoms with E-state index in [1.165, 1.54) is 25.3 Å². The first kappa shape index (κ1) is 25.6. The molecular formula is C25H25F3N4O3. The largest absolute Gasteiger partial charge is 0.493 e. The minimum atomic E-state index is -2.97. The summed E-state index contributed by atoms with van der Waals surface area (Å²) in [6.45, 7) is 0.859. The fourth-order valence-electron chi connectivity index (χ4n) is 3.79. The van der Waals surface area contributed by atoms with Crippen molar-refractivity contribution in [3.8, 4) is 23.3 Å². The molecule has 0 fully saturated rings. The highest BCUT2D eigenvalue weighted by Crippen LogP contribution is 2.31. The zero-order chi connectivity index (χ0) is 25.7. The van der Waals surface area contributed by atoms with Crippen molar-refractivity contribution >= 4 is 11.7 Å². The fourth-order valence-corrected chi connectivity index (χ4v) is 3.79. The average molecular weight is 486 g/mol. The highest BCUT2D eigenvalue weighted by Gasteiger charge is 2.21. The van der Waals surface area contributed by atoms with Gasteiger partial charge in [0.15, 0.2) is 11.5 Å². The van der Waals surface area contributed by atoms with E-state index in [1.54, 1.807) is 54.6 Å². The van der Waals surface area contributed by atoms with E-state index in [9.17, 15) is 23.2 Å². The molecule has 0 atom stereocenters. The number of nitriles is 1. The van der Waals surface area contributed by atoms with Crippen LogP contribution in [0.5, 0.6) is 11.5 Å². The van der Waals surface area contributed by atoms with Gasteiger partial charge in [-0.25, -0.2) is 4.39 Å². The maximum atomic E-state index is 13.9. The molecule has 0 saturated heterocycles. The van der Waals surface area contributed by atoms with Crippen LogP contribution < -0.4 is 14.8 Å². The van der Waals surface area contributed by atoms with E-state index in [0.717, 1.165) is 0 Å². The summed E-state index contributed by atoms with van der Waals surface area (Å²) >= 11 is 0. The van der Waals surface area contributed by atoms with Gasteiger partial charge in [-0.15, -0.1) is 0 Å². The Morgan fingerprint density at radius 2 is 1.94 bits per heavy atom. The minimum Gasteiger partial charge on any atom is -0.493 e. The molecule has 3 rings (SSSR count). The summed E-state index contributed by atoms with van der Waals surface area (Å²) in [5.41, 5.74) is 2.87. The number of carbonyl (C=O) groups excluding carboxylic acids is 1. The number of aromatic nitrogens is 1. The van der Waals surface area contributed by atoms with Crippen molar-refractivity contribution in [2.45, 2.75) is 27.0 Å². The number of nitrogens with zero attached hydrogens (tertiary/aromatic N) is 3. The second-order valence-corrected chi connectivity index (χ2v) is 7.95. The number of alkyl halides is 2. The number of hydrogen-bond donors (Lipinski definition) is 1. The van der Waals surface area contributed by atoms with Gasteiger partial charge in [-0.1, -0.05) is 12.1 Å². The first-order chi connectivity index (χ1) is 16.6. The van der Waals surface area contributed by atoms with Gasteiger partial charge in [0.05, 0.1) is 24.9 Å². The van der Waals surface area contributed by atoms with E-state index >= 15 is 0 Å². The van der Waals surface area contributed by atoms with Crippen LogP contribution in [-0.2, 0) is 11.3 Å². The third-order valence-corrected chi connectivity index (χ3v) is 5.46. The van der Waals surface area contributed by atoms with Crippen LogP contribution in [0.25, 0.3) is 5.69 Å². The van der Waals surface area contributed by atoms with Gasteiger partial charge in [-0.3, -0.25) is 14.3 Å². The SMILES string of the molecule is COc1cc(CN(C)CC(=O)Nc2c(C#N)c(C)c(C)n2-c2cccc(F)c2)ccc1OC(F)F. The summed E-state index contributed by atoms with van der Waals surface area (Å²) in [5.74, 6) is -0.493. The quantitative estimate of drug-likeness (QED) is 0.471. The smallest absolute Gasteiger partial charge is 0.387 e. The van der Waals surface area contributed by atoms with Crippen LogP contribution in [0, 0.1) is 31.0 Å². The Bertz CT molecular complexity index is 1270. The molecule has 1 N–H and O–H groups in total. The Morgan fingerprint density at radius 1 is 1.20 bits per heavy atom. The molecule has 0 unspecified atom stereocenters. The first-order valence-electron chi connectivity index (χ1n) is 10.6. The van der Waals surface area contributed by atoms with Gasteiger partial charge in [0, 0.05) is 12.2 Å². The van der Waals surface area contributed by atoms with Crippen LogP contribution in [-0.4, -0.2) is 42.7 Å². The van der Waals surface area contributed by atoms with Gasteiger partial charge in [0.25, 0.3) is 0 Å². The number of amides is 1. The molecule has 1 heterocycles. The lowest BCUT2D eigenvalue weighted by molar-refractivity contribution is -0.117. The van der Waals surface area contributed by atoms with Gasteiger partial charge in [-0.05, 0) is 62.4 Å². The molecule has 184 valence electrons. The molecule has 0 aliphatic heterocycles. The van der Waals surface area contributed by atoms with Crippen LogP contribution in [0.15, 0.2) is 42.5 Å². The third-order valence-electron chi connectivity index (χ3n) is 5.46. The number of nitrogens with one attached hydrogen (secondary N) is 1. The molecule has 0 saturated carbocycles. The molecule has 0 bridgehead atoms. The standard InChI is InChI=1S/C25H25F3N4O3/c1-15-16(2)32(19-7-5-6-18(26)11-19)24(20(15)12-29)30-23(33)14-31(3)13-17-8-9-21(35-25(27)28)22(10-17)34-4/h5-11,25H,13-14H2,1-4H3,(H,30,33). The summed E-state index contributed by atoms with van der Waals surface area (Å²) < 4.78 is 50.1. The van der Waals surface area contributed by atoms with E-state index in [1.807, 2.05) is 0 Å². The molecule has 0 aliphatic carbocycles. The molecular weight excluding hydrogens is 461 g/mol. The monoisotopic (exact) mass is 486 g/mol. The summed E-state index contributed by atoms with van der Waals surface area (Å²) in [7, 11) is 3.06. The number of anilines is 1. The van der Waals surface area contributed by atoms with Crippen LogP contribution in [0.2, 0.25) is 0 Å². The van der Waals surface area contributed by atoms with E-state index in [4.69, 9.17) is 4.74 Å². The van der Waals surface area contributed by atoms with Crippen LogP contribution in [0.3, 0.4) is 0 Å². The van der Waals surface area contributed by atoms with Gasteiger partial charge < -0.3 is 14.8 Å². The number of rotatable bonds is 9. The Morgan fingerprint density at radius 3 is 2.57 bits per heavy atom. The zero-order valence-corrected chi connectivity index (χ0v) is 19.7. The maximum absolute atomic E-state index is 13.9. The first-order valence-corrected chi connectivity index (χ1v) is 10.6. The van der Waals surface area contributed by atoms with Crippen molar-refractivity contribution in [2.75, 3.05) is 26.0 Å². The Labute approximate surface area is 201 Å². The Kier molecular flexibility index (Phi) is 8.04. The number of carbonyl (C=O) groups is 1. The molecule has 1 aromatic heterocycles. The molecule has 0 spiro atoms. The molecule has 7 nitrogen and oxygen atoms in total. The second-order valence-electron chi connectivity index (χ2n) is 7.95. The summed E-state index contributed by atoms with van der Waals surface area (Å²) in [4.78, 5) is 14.6. The number of hydrogen-bond acceptors (Lipinski definition) is 5. The molecule has 0 aliphatic rings. The molecule has 2 aromatic carbocycles. The van der Waals surface area contributed by atoms with E-state index in [2.05, 4.69) is 16.1 Å². The summed E-state index contributed by atoms with van der Waals surface area (Å²) in [6, 6.07) is 12.5. The predicted molar refractivity (Wildman–Crippen MR) is 125 cm³/mol. The molecule has 3 aromatic rings. The minimum absolute atomic E-state index is 0.0328. The number of ether oxygens (including phenoxy) is 2. The van der Waals surface area contributed by atoms with Crippen molar-refractivity contribution in [3.05, 3.63) is 70.7 Å². The van der Waals surface area contributed by atoms with Crippen molar-refractivity contribution in [1.82, 2.24) is 9.47 Å². The van der Waals surface area contributed by atoms with Crippen molar-refractivity contribution in [1.29, 1.82) is 5.26 Å². The topological polar surface area (TPSA) is 79.5 Å². The number of methoxy groups -OCH3 is 1. The van der Waals surface area contributed by atoms with E-state index in [0.29, 0.717) is 34.6 Å². The summed E-state index contributed by atoms with van der Waals surface area (Å²) in [5, 5.41) is 12.5. The molecule has 0 radical (unpaired) electrons. The maximum Gasteiger partial charge on any atom is 0.387 e. The highest BCUT2D eigenvalue weighted by atomic mass is 19.3. The number of likely N-dealkylation sites (N-methyl/N-ethyl adjacent to an activating group) is 1. The highest BCUT2D eigenvalue weighted by molar-refractivity contribution is 5.93. The van der Waals surface area contributed by atoms with E-state index in [-0.39, 0.29) is 29.8 Å². The zero-order valence-electron chi connectivity index (χ0n) is 19.7. The van der Waals surface area contributed by atoms with Crippen molar-refractivity contribution < 1.29 is 27.4 Å². The second kappa shape index (κ2) is 11.0. The Balaban J connectivity index is 1.78. The normalized spacial score (nSPS) is 11.0. The summed E-state index contributed by atoms with van der Waals surface area (Å²) in [6.07, 6.45) is 0. The van der Waals surface area contributed by atoms with Gasteiger partial charge in [0.1, 0.15) is 17.7 Å².